The molecule has 0 radical (unpaired) electrons. The van der Waals surface area contributed by atoms with Crippen molar-refractivity contribution in [1.82, 2.24) is 0 Å². The van der Waals surface area contributed by atoms with Crippen LogP contribution in [-0.2, 0) is 0 Å². The van der Waals surface area contributed by atoms with Crippen molar-refractivity contribution in [3.8, 4) is 11.1 Å². The van der Waals surface area contributed by atoms with Crippen LogP contribution in [0.1, 0.15) is 33.4 Å². The van der Waals surface area contributed by atoms with Crippen molar-refractivity contribution in [3.05, 3.63) is 203 Å². The summed E-state index contributed by atoms with van der Waals surface area (Å²) < 4.78 is 0. The van der Waals surface area contributed by atoms with E-state index in [1.807, 2.05) is 0 Å². The van der Waals surface area contributed by atoms with E-state index < -0.39 is 0 Å². The normalized spacial score (nSPS) is 11.1. The largest absolute Gasteiger partial charge is 0.311 e. The van der Waals surface area contributed by atoms with Gasteiger partial charge in [0.05, 0.1) is 0 Å². The van der Waals surface area contributed by atoms with Crippen molar-refractivity contribution in [1.29, 1.82) is 0 Å². The molecule has 0 aliphatic heterocycles. The van der Waals surface area contributed by atoms with Gasteiger partial charge in [0.1, 0.15) is 0 Å². The van der Waals surface area contributed by atoms with Crippen LogP contribution in [0.15, 0.2) is 170 Å². The minimum Gasteiger partial charge on any atom is -0.311 e. The molecule has 7 aromatic carbocycles. The zero-order valence-corrected chi connectivity index (χ0v) is 29.2. The summed E-state index contributed by atoms with van der Waals surface area (Å²) in [7, 11) is 0. The predicted octanol–water partition coefficient (Wildman–Crippen LogP) is 13.7. The second-order valence-corrected chi connectivity index (χ2v) is 13.1. The Bertz CT molecular complexity index is 2170. The average molecular weight is 647 g/mol. The molecule has 0 saturated carbocycles. The molecule has 7 rings (SSSR count). The van der Waals surface area contributed by atoms with Gasteiger partial charge < -0.3 is 9.80 Å². The molecule has 0 heterocycles. The lowest BCUT2D eigenvalue weighted by molar-refractivity contribution is 1.25. The molecule has 0 atom stereocenters. The zero-order valence-electron chi connectivity index (χ0n) is 29.2. The highest BCUT2D eigenvalue weighted by molar-refractivity contribution is 5.81. The molecule has 0 unspecified atom stereocenters. The van der Waals surface area contributed by atoms with Crippen molar-refractivity contribution in [2.45, 2.75) is 27.7 Å². The molecule has 2 heteroatoms. The highest BCUT2D eigenvalue weighted by Gasteiger charge is 2.14. The third kappa shape index (κ3) is 7.46. The molecule has 0 aliphatic rings. The van der Waals surface area contributed by atoms with Crippen LogP contribution in [-0.4, -0.2) is 0 Å². The third-order valence-electron chi connectivity index (χ3n) is 9.05. The maximum atomic E-state index is 2.33. The van der Waals surface area contributed by atoms with E-state index in [-0.39, 0.29) is 0 Å². The Labute approximate surface area is 297 Å². The summed E-state index contributed by atoms with van der Waals surface area (Å²) in [5.74, 6) is 0. The lowest BCUT2D eigenvalue weighted by Crippen LogP contribution is -2.10. The minimum absolute atomic E-state index is 1.12. The molecule has 0 spiro atoms. The van der Waals surface area contributed by atoms with Gasteiger partial charge in [0, 0.05) is 34.1 Å². The summed E-state index contributed by atoms with van der Waals surface area (Å²) in [6.45, 7) is 8.58. The number of aryl methyl sites for hydroxylation is 4. The van der Waals surface area contributed by atoms with Crippen LogP contribution in [0.5, 0.6) is 0 Å². The van der Waals surface area contributed by atoms with Gasteiger partial charge in [-0.15, -0.1) is 0 Å². The van der Waals surface area contributed by atoms with Crippen molar-refractivity contribution < 1.29 is 0 Å². The topological polar surface area (TPSA) is 6.48 Å². The van der Waals surface area contributed by atoms with Crippen LogP contribution >= 0.6 is 0 Å². The molecule has 0 aliphatic carbocycles. The van der Waals surface area contributed by atoms with Crippen LogP contribution in [0.25, 0.3) is 23.3 Å². The molecule has 50 heavy (non-hydrogen) atoms. The van der Waals surface area contributed by atoms with Crippen LogP contribution in [0.4, 0.5) is 34.1 Å². The Kier molecular flexibility index (Phi) is 9.44. The standard InChI is InChI=1S/C48H42N2/c1-35-10-22-43(23-11-35)49(47-30-20-42(21-31-47)41-8-6-5-7-9-41)45-26-16-39(17-27-45)14-15-40-18-28-46(29-19-40)50(44-24-12-36(2)13-25-44)48-33-37(3)32-38(4)34-48/h5-34H,1-4H3/b15-14+. The maximum absolute atomic E-state index is 2.33. The number of hydrogen-bond donors (Lipinski definition) is 0. The summed E-state index contributed by atoms with van der Waals surface area (Å²) in [6.07, 6.45) is 4.37. The van der Waals surface area contributed by atoms with E-state index in [1.165, 1.54) is 39.1 Å². The van der Waals surface area contributed by atoms with Crippen molar-refractivity contribution in [2.24, 2.45) is 0 Å². The van der Waals surface area contributed by atoms with E-state index >= 15 is 0 Å². The summed E-state index contributed by atoms with van der Waals surface area (Å²) in [6, 6.07) is 61.2. The van der Waals surface area contributed by atoms with Gasteiger partial charge in [-0.05, 0) is 134 Å². The SMILES string of the molecule is Cc1ccc(N(c2ccc(/C=C/c3ccc(N(c4ccc(C)cc4)c4cc(C)cc(C)c4)cc3)cc2)c2ccc(-c3ccccc3)cc2)cc1. The fourth-order valence-electron chi connectivity index (χ4n) is 6.46. The lowest BCUT2D eigenvalue weighted by Gasteiger charge is -2.26. The van der Waals surface area contributed by atoms with Gasteiger partial charge >= 0.3 is 0 Å². The first-order valence-electron chi connectivity index (χ1n) is 17.3. The Morgan fingerprint density at radius 3 is 1.06 bits per heavy atom. The monoisotopic (exact) mass is 646 g/mol. The van der Waals surface area contributed by atoms with E-state index in [0.717, 1.165) is 39.6 Å². The second kappa shape index (κ2) is 14.6. The average Bonchev–Trinajstić information content (AvgIpc) is 3.14. The first kappa shape index (κ1) is 32.4. The van der Waals surface area contributed by atoms with Crippen molar-refractivity contribution in [2.75, 3.05) is 9.80 Å². The van der Waals surface area contributed by atoms with E-state index in [1.54, 1.807) is 0 Å². The smallest absolute Gasteiger partial charge is 0.0466 e. The zero-order chi connectivity index (χ0) is 34.5. The first-order valence-corrected chi connectivity index (χ1v) is 17.3. The summed E-state index contributed by atoms with van der Waals surface area (Å²) >= 11 is 0. The van der Waals surface area contributed by atoms with Crippen LogP contribution in [0.2, 0.25) is 0 Å². The molecule has 0 amide bonds. The Balaban J connectivity index is 1.13. The molecule has 0 fully saturated rings. The van der Waals surface area contributed by atoms with Gasteiger partial charge in [-0.1, -0.05) is 120 Å². The Morgan fingerprint density at radius 1 is 0.300 bits per heavy atom. The number of benzene rings is 7. The molecule has 0 saturated heterocycles. The van der Waals surface area contributed by atoms with Gasteiger partial charge in [-0.3, -0.25) is 0 Å². The summed E-state index contributed by atoms with van der Waals surface area (Å²) in [4.78, 5) is 4.65. The fraction of sp³-hybridized carbons (Fsp3) is 0.0833. The fourth-order valence-corrected chi connectivity index (χ4v) is 6.46. The van der Waals surface area contributed by atoms with Crippen LogP contribution in [0.3, 0.4) is 0 Å². The number of hydrogen-bond acceptors (Lipinski definition) is 2. The van der Waals surface area contributed by atoms with E-state index in [2.05, 4.69) is 220 Å². The summed E-state index contributed by atoms with van der Waals surface area (Å²) in [5.41, 5.74) is 16.6. The molecule has 0 N–H and O–H groups in total. The third-order valence-corrected chi connectivity index (χ3v) is 9.05. The molecular formula is C48H42N2. The minimum atomic E-state index is 1.12. The molecular weight excluding hydrogens is 605 g/mol. The lowest BCUT2D eigenvalue weighted by atomic mass is 10.0. The maximum Gasteiger partial charge on any atom is 0.0466 e. The van der Waals surface area contributed by atoms with Gasteiger partial charge in [0.25, 0.3) is 0 Å². The Morgan fingerprint density at radius 2 is 0.640 bits per heavy atom. The molecule has 7 aromatic rings. The van der Waals surface area contributed by atoms with Gasteiger partial charge in [0.2, 0.25) is 0 Å². The molecule has 0 bridgehead atoms. The Hall–Kier alpha value is -6.12. The van der Waals surface area contributed by atoms with Crippen LogP contribution < -0.4 is 9.80 Å². The molecule has 2 nitrogen and oxygen atoms in total. The highest BCUT2D eigenvalue weighted by atomic mass is 15.1. The summed E-state index contributed by atoms with van der Waals surface area (Å²) in [5, 5.41) is 0. The first-order chi connectivity index (χ1) is 24.4. The van der Waals surface area contributed by atoms with Gasteiger partial charge in [-0.2, -0.15) is 0 Å². The van der Waals surface area contributed by atoms with Gasteiger partial charge in [-0.25, -0.2) is 0 Å². The molecule has 244 valence electrons. The van der Waals surface area contributed by atoms with Gasteiger partial charge in [0.15, 0.2) is 0 Å². The quantitative estimate of drug-likeness (QED) is 0.144. The second-order valence-electron chi connectivity index (χ2n) is 13.1. The van der Waals surface area contributed by atoms with Crippen molar-refractivity contribution in [3.63, 3.8) is 0 Å². The number of anilines is 6. The van der Waals surface area contributed by atoms with Crippen molar-refractivity contribution >= 4 is 46.3 Å². The van der Waals surface area contributed by atoms with E-state index in [0.29, 0.717) is 0 Å². The molecule has 0 aromatic heterocycles. The number of nitrogens with zero attached hydrogens (tertiary/aromatic N) is 2. The number of rotatable bonds is 9. The van der Waals surface area contributed by atoms with Crippen LogP contribution in [0, 0.1) is 27.7 Å². The predicted molar refractivity (Wildman–Crippen MR) is 216 cm³/mol. The highest BCUT2D eigenvalue weighted by Crippen LogP contribution is 2.37. The van der Waals surface area contributed by atoms with E-state index in [9.17, 15) is 0 Å². The van der Waals surface area contributed by atoms with E-state index in [4.69, 9.17) is 0 Å².